The van der Waals surface area contributed by atoms with Crippen LogP contribution < -0.4 is 0 Å². The van der Waals surface area contributed by atoms with Gasteiger partial charge in [0.2, 0.25) is 0 Å². The number of nitrogens with zero attached hydrogens (tertiary/aromatic N) is 1. The summed E-state index contributed by atoms with van der Waals surface area (Å²) in [5.74, 6) is 0. The lowest BCUT2D eigenvalue weighted by Gasteiger charge is -2.09. The van der Waals surface area contributed by atoms with Crippen molar-refractivity contribution in [3.8, 4) is 5.69 Å². The summed E-state index contributed by atoms with van der Waals surface area (Å²) in [4.78, 5) is 0. The minimum Gasteiger partial charge on any atom is -0.309 e. The Morgan fingerprint density at radius 1 is 0.615 bits per heavy atom. The van der Waals surface area contributed by atoms with Crippen LogP contribution in [-0.4, -0.2) is 4.57 Å². The number of para-hydroxylation sites is 1. The third-order valence-electron chi connectivity index (χ3n) is 4.40. The van der Waals surface area contributed by atoms with E-state index in [-0.39, 0.29) is 59.9 Å². The molecular weight excluding hydrogens is 382 g/mol. The lowest BCUT2D eigenvalue weighted by atomic mass is 9.94. The molecule has 0 bridgehead atoms. The molecule has 0 saturated heterocycles. The average Bonchev–Trinajstić information content (AvgIpc) is 3.27. The molecule has 0 radical (unpaired) electrons. The second kappa shape index (κ2) is 5.09. The third kappa shape index (κ3) is 1.75. The first-order valence-electron chi connectivity index (χ1n) is 14.6. The third-order valence-corrected chi connectivity index (χ3v) is 4.80. The van der Waals surface area contributed by atoms with Crippen molar-refractivity contribution < 1.29 is 19.2 Å². The van der Waals surface area contributed by atoms with Gasteiger partial charge in [-0.1, -0.05) is 70.3 Å². The molecular formula is C24H14BrN. The molecule has 0 saturated carbocycles. The fourth-order valence-electron chi connectivity index (χ4n) is 3.46. The predicted molar refractivity (Wildman–Crippen MR) is 115 cm³/mol. The Morgan fingerprint density at radius 2 is 1.27 bits per heavy atom. The maximum Gasteiger partial charge on any atom is 0.0657 e. The molecule has 0 spiro atoms. The molecule has 0 aliphatic heterocycles. The van der Waals surface area contributed by atoms with E-state index in [0.29, 0.717) is 0 Å². The molecule has 0 atom stereocenters. The zero-order chi connectivity index (χ0) is 29.4. The number of halogens is 1. The summed E-state index contributed by atoms with van der Waals surface area (Å²) in [7, 11) is 0. The first-order valence-corrected chi connectivity index (χ1v) is 8.40. The van der Waals surface area contributed by atoms with E-state index in [9.17, 15) is 0 Å². The minimum absolute atomic E-state index is 0.0230. The summed E-state index contributed by atoms with van der Waals surface area (Å²) in [6.45, 7) is 0. The van der Waals surface area contributed by atoms with E-state index in [4.69, 9.17) is 19.2 Å². The second-order valence-electron chi connectivity index (χ2n) is 5.70. The van der Waals surface area contributed by atoms with E-state index >= 15 is 0 Å². The van der Waals surface area contributed by atoms with Crippen LogP contribution in [0.2, 0.25) is 0 Å². The monoisotopic (exact) mass is 409 g/mol. The number of hydrogen-bond acceptors (Lipinski definition) is 0. The van der Waals surface area contributed by atoms with Gasteiger partial charge < -0.3 is 4.57 Å². The molecule has 6 rings (SSSR count). The molecule has 26 heavy (non-hydrogen) atoms. The molecule has 5 aromatic carbocycles. The summed E-state index contributed by atoms with van der Waals surface area (Å²) in [5.41, 5.74) is -0.712. The number of benzene rings is 5. The highest BCUT2D eigenvalue weighted by Crippen LogP contribution is 2.44. The highest BCUT2D eigenvalue weighted by molar-refractivity contribution is 9.10. The van der Waals surface area contributed by atoms with Crippen LogP contribution in [0.3, 0.4) is 0 Å². The van der Waals surface area contributed by atoms with Crippen LogP contribution in [0.25, 0.3) is 49.0 Å². The first-order chi connectivity index (χ1) is 18.7. The quantitative estimate of drug-likeness (QED) is 0.251. The second-order valence-corrected chi connectivity index (χ2v) is 6.49. The van der Waals surface area contributed by atoms with Crippen LogP contribution in [0, 0.1) is 0 Å². The van der Waals surface area contributed by atoms with Crippen LogP contribution in [0.15, 0.2) is 89.1 Å². The van der Waals surface area contributed by atoms with Crippen molar-refractivity contribution in [2.45, 2.75) is 0 Å². The largest absolute Gasteiger partial charge is 0.309 e. The van der Waals surface area contributed by atoms with Gasteiger partial charge in [0, 0.05) is 20.9 Å². The van der Waals surface area contributed by atoms with Gasteiger partial charge in [0.1, 0.15) is 0 Å². The summed E-state index contributed by atoms with van der Waals surface area (Å²) in [6, 6.07) is -7.91. The Labute approximate surface area is 178 Å². The summed E-state index contributed by atoms with van der Waals surface area (Å²) >= 11 is 3.23. The van der Waals surface area contributed by atoms with E-state index in [1.165, 1.54) is 0 Å². The fourth-order valence-corrected chi connectivity index (χ4v) is 3.85. The SMILES string of the molecule is [2H]c1c([2H])c([2H])c(-n2c3c([2H])c([2H])c([2H])c4c5c([2H])c([2H])c([2H])c([2H])c5c5c([2H])c(Br)c([2H])c2c5c43)c([2H])c1[2H]. The van der Waals surface area contributed by atoms with Crippen LogP contribution in [0.5, 0.6) is 0 Å². The Hall–Kier alpha value is -2.84. The normalized spacial score (nSPS) is 19.6. The lowest BCUT2D eigenvalue weighted by molar-refractivity contribution is 1.18. The van der Waals surface area contributed by atoms with Crippen LogP contribution in [-0.2, 0) is 0 Å². The zero-order valence-electron chi connectivity index (χ0n) is 26.8. The van der Waals surface area contributed by atoms with Gasteiger partial charge >= 0.3 is 0 Å². The number of hydrogen-bond donors (Lipinski definition) is 0. The molecule has 2 heteroatoms. The van der Waals surface area contributed by atoms with Crippen LogP contribution >= 0.6 is 15.9 Å². The molecule has 6 aromatic rings. The minimum atomic E-state index is -0.679. The van der Waals surface area contributed by atoms with Gasteiger partial charge in [0.05, 0.1) is 30.2 Å². The lowest BCUT2D eigenvalue weighted by Crippen LogP contribution is -1.92. The maximum atomic E-state index is 8.92. The van der Waals surface area contributed by atoms with Crippen molar-refractivity contribution in [2.24, 2.45) is 0 Å². The number of rotatable bonds is 1. The Bertz CT molecular complexity index is 2020. The molecule has 122 valence electrons. The van der Waals surface area contributed by atoms with E-state index in [1.54, 1.807) is 0 Å². The molecule has 1 aromatic heterocycles. The van der Waals surface area contributed by atoms with E-state index < -0.39 is 78.2 Å². The molecule has 0 aliphatic carbocycles. The molecule has 0 aliphatic rings. The van der Waals surface area contributed by atoms with Crippen LogP contribution in [0.1, 0.15) is 19.2 Å². The zero-order valence-corrected chi connectivity index (χ0v) is 14.4. The number of fused-ring (bicyclic) bond motifs is 3. The van der Waals surface area contributed by atoms with Gasteiger partial charge in [-0.3, -0.25) is 0 Å². The molecule has 1 nitrogen and oxygen atoms in total. The molecule has 0 amide bonds. The summed E-state index contributed by atoms with van der Waals surface area (Å²) < 4.78 is 120. The van der Waals surface area contributed by atoms with Gasteiger partial charge in [-0.25, -0.2) is 0 Å². The van der Waals surface area contributed by atoms with Gasteiger partial charge in [-0.2, -0.15) is 0 Å². The van der Waals surface area contributed by atoms with E-state index in [0.717, 1.165) is 4.57 Å². The molecule has 1 heterocycles. The molecule has 0 N–H and O–H groups in total. The summed E-state index contributed by atoms with van der Waals surface area (Å²) in [5, 5.41) is -0.354. The molecule has 0 fully saturated rings. The van der Waals surface area contributed by atoms with Gasteiger partial charge in [-0.15, -0.1) is 0 Å². The van der Waals surface area contributed by atoms with E-state index in [1.807, 2.05) is 0 Å². The predicted octanol–water partition coefficient (Wildman–Crippen LogP) is 7.29. The first kappa shape index (κ1) is 6.40. The summed E-state index contributed by atoms with van der Waals surface area (Å²) in [6.07, 6.45) is 0. The average molecular weight is 410 g/mol. The van der Waals surface area contributed by atoms with Crippen molar-refractivity contribution in [1.29, 1.82) is 0 Å². The Kier molecular flexibility index (Phi) is 1.25. The van der Waals surface area contributed by atoms with Crippen molar-refractivity contribution in [1.82, 2.24) is 4.57 Å². The topological polar surface area (TPSA) is 4.93 Å². The number of aromatic nitrogens is 1. The van der Waals surface area contributed by atoms with Gasteiger partial charge in [0.15, 0.2) is 0 Å². The van der Waals surface area contributed by atoms with Gasteiger partial charge in [0.25, 0.3) is 0 Å². The van der Waals surface area contributed by atoms with Crippen molar-refractivity contribution in [3.63, 3.8) is 0 Å². The smallest absolute Gasteiger partial charge is 0.0657 e. The maximum absolute atomic E-state index is 8.92. The molecule has 0 unspecified atom stereocenters. The fraction of sp³-hybridized carbons (Fsp3) is 0. The van der Waals surface area contributed by atoms with Crippen molar-refractivity contribution in [2.75, 3.05) is 0 Å². The highest BCUT2D eigenvalue weighted by atomic mass is 79.9. The van der Waals surface area contributed by atoms with Gasteiger partial charge in [-0.05, 0) is 51.8 Å². The Balaban J connectivity index is 2.15. The van der Waals surface area contributed by atoms with Crippen LogP contribution in [0.4, 0.5) is 0 Å². The van der Waals surface area contributed by atoms with Crippen molar-refractivity contribution >= 4 is 59.3 Å². The standard InChI is InChI=1S/C24H14BrN/c25-15-13-20-18-10-5-4-9-17(18)19-11-6-12-21-23(19)24(20)22(14-15)26(21)16-7-2-1-3-8-16/h1-14H/i1D,2D,3D,4D,5D,6D,7D,8D,9D,10D,11D,12D,13D,14D. The van der Waals surface area contributed by atoms with Crippen molar-refractivity contribution in [3.05, 3.63) is 89.1 Å². The van der Waals surface area contributed by atoms with E-state index in [2.05, 4.69) is 15.9 Å². The Morgan fingerprint density at radius 3 is 2.08 bits per heavy atom. The highest BCUT2D eigenvalue weighted by Gasteiger charge is 2.19.